The van der Waals surface area contributed by atoms with Gasteiger partial charge in [-0.25, -0.2) is 0 Å². The molecule has 0 nitrogen and oxygen atoms in total. The molecule has 0 saturated carbocycles. The van der Waals surface area contributed by atoms with Crippen LogP contribution in [0.2, 0.25) is 5.02 Å². The highest BCUT2D eigenvalue weighted by atomic mass is 127. The molecule has 0 amide bonds. The number of hydrogen-bond acceptors (Lipinski definition) is 0. The van der Waals surface area contributed by atoms with E-state index < -0.39 is 0 Å². The molecule has 11 heavy (non-hydrogen) atoms. The van der Waals surface area contributed by atoms with E-state index in [1.54, 1.807) is 6.07 Å². The van der Waals surface area contributed by atoms with Gasteiger partial charge in [0, 0.05) is 34.0 Å². The van der Waals surface area contributed by atoms with Crippen LogP contribution in [0.5, 0.6) is 0 Å². The van der Waals surface area contributed by atoms with Gasteiger partial charge in [-0.15, -0.1) is 0 Å². The predicted molar refractivity (Wildman–Crippen MR) is 55.8 cm³/mol. The summed E-state index contributed by atoms with van der Waals surface area (Å²) in [5, 5.41) is 0.767. The van der Waals surface area contributed by atoms with E-state index in [-0.39, 0.29) is 0 Å². The van der Waals surface area contributed by atoms with E-state index in [0.29, 0.717) is 6.42 Å². The Morgan fingerprint density at radius 1 is 1.64 bits per heavy atom. The van der Waals surface area contributed by atoms with Crippen molar-refractivity contribution in [3.05, 3.63) is 34.9 Å². The highest BCUT2D eigenvalue weighted by molar-refractivity contribution is 14.1. The van der Waals surface area contributed by atoms with Gasteiger partial charge >= 0.3 is 0 Å². The first-order chi connectivity index (χ1) is 5.34. The van der Waals surface area contributed by atoms with Gasteiger partial charge < -0.3 is 0 Å². The highest BCUT2D eigenvalue weighted by Gasteiger charge is 1.94. The lowest BCUT2D eigenvalue weighted by atomic mass is 10.2. The molecule has 1 aromatic rings. The molecule has 0 atom stereocenters. The zero-order valence-electron chi connectivity index (χ0n) is 5.70. The zero-order valence-corrected chi connectivity index (χ0v) is 8.61. The first kappa shape index (κ1) is 8.89. The molecule has 0 spiro atoms. The zero-order chi connectivity index (χ0) is 8.10. The van der Waals surface area contributed by atoms with Gasteiger partial charge in [-0.05, 0) is 27.7 Å². The van der Waals surface area contributed by atoms with Gasteiger partial charge in [-0.3, -0.25) is 0 Å². The standard InChI is InChI=1S/C9H5ClI/c10-9-6-2-1-4-8(9)5-3-7-11/h2,4,6H,5H2. The lowest BCUT2D eigenvalue weighted by molar-refractivity contribution is 1.32. The van der Waals surface area contributed by atoms with Crippen molar-refractivity contribution in [3.8, 4) is 9.85 Å². The molecule has 0 N–H and O–H groups in total. The van der Waals surface area contributed by atoms with E-state index in [9.17, 15) is 0 Å². The molecule has 0 heterocycles. The van der Waals surface area contributed by atoms with Crippen molar-refractivity contribution in [3.63, 3.8) is 0 Å². The van der Waals surface area contributed by atoms with Gasteiger partial charge in [0.1, 0.15) is 0 Å². The molecule has 0 fully saturated rings. The first-order valence-electron chi connectivity index (χ1n) is 3.07. The molecule has 0 aliphatic carbocycles. The van der Waals surface area contributed by atoms with Crippen LogP contribution >= 0.6 is 34.2 Å². The van der Waals surface area contributed by atoms with E-state index in [4.69, 9.17) is 11.6 Å². The molecule has 0 aromatic heterocycles. The van der Waals surface area contributed by atoms with E-state index in [2.05, 4.69) is 15.9 Å². The van der Waals surface area contributed by atoms with Crippen molar-refractivity contribution in [1.29, 1.82) is 0 Å². The van der Waals surface area contributed by atoms with E-state index in [0.717, 1.165) is 10.6 Å². The van der Waals surface area contributed by atoms with Crippen LogP contribution in [-0.2, 0) is 6.42 Å². The number of hydrogen-bond donors (Lipinski definition) is 0. The Bertz CT molecular complexity index is 296. The summed E-state index contributed by atoms with van der Waals surface area (Å²) in [6.07, 6.45) is 0.707. The van der Waals surface area contributed by atoms with Crippen LogP contribution in [0.25, 0.3) is 0 Å². The van der Waals surface area contributed by atoms with Crippen molar-refractivity contribution in [2.24, 2.45) is 0 Å². The quantitative estimate of drug-likeness (QED) is 0.546. The summed E-state index contributed by atoms with van der Waals surface area (Å²) in [7, 11) is 0. The molecule has 0 unspecified atom stereocenters. The Morgan fingerprint density at radius 3 is 3.09 bits per heavy atom. The minimum atomic E-state index is 0.707. The summed E-state index contributed by atoms with van der Waals surface area (Å²) in [5.74, 6) is 2.94. The number of benzene rings is 1. The fraction of sp³-hybridized carbons (Fsp3) is 0.111. The van der Waals surface area contributed by atoms with Crippen molar-refractivity contribution in [1.82, 2.24) is 0 Å². The Kier molecular flexibility index (Phi) is 3.74. The molecule has 1 radical (unpaired) electrons. The number of halogens is 2. The second kappa shape index (κ2) is 4.63. The Balaban J connectivity index is 2.83. The molecule has 55 valence electrons. The van der Waals surface area contributed by atoms with Gasteiger partial charge in [0.2, 0.25) is 0 Å². The molecular weight excluding hydrogens is 270 g/mol. The fourth-order valence-corrected chi connectivity index (χ4v) is 1.09. The van der Waals surface area contributed by atoms with Crippen LogP contribution in [0.15, 0.2) is 18.2 Å². The third-order valence-electron chi connectivity index (χ3n) is 1.24. The summed E-state index contributed by atoms with van der Waals surface area (Å²) in [4.78, 5) is 0. The van der Waals surface area contributed by atoms with E-state index in [1.165, 1.54) is 0 Å². The van der Waals surface area contributed by atoms with Crippen LogP contribution in [0, 0.1) is 15.9 Å². The third-order valence-corrected chi connectivity index (χ3v) is 1.99. The molecule has 0 aliphatic heterocycles. The van der Waals surface area contributed by atoms with Gasteiger partial charge in [0.05, 0.1) is 0 Å². The van der Waals surface area contributed by atoms with Crippen molar-refractivity contribution in [2.45, 2.75) is 6.42 Å². The monoisotopic (exact) mass is 275 g/mol. The topological polar surface area (TPSA) is 0 Å². The van der Waals surface area contributed by atoms with E-state index in [1.807, 2.05) is 34.7 Å². The predicted octanol–water partition coefficient (Wildman–Crippen LogP) is 3.08. The minimum Gasteiger partial charge on any atom is -0.0870 e. The average molecular weight is 275 g/mol. The van der Waals surface area contributed by atoms with Gasteiger partial charge in [-0.2, -0.15) is 0 Å². The SMILES string of the molecule is Clc1cc[c]cc1CC#CI. The Hall–Kier alpha value is -0.200. The lowest BCUT2D eigenvalue weighted by Gasteiger charge is -1.95. The normalized spacial score (nSPS) is 8.55. The Morgan fingerprint density at radius 2 is 2.45 bits per heavy atom. The second-order valence-corrected chi connectivity index (χ2v) is 2.91. The van der Waals surface area contributed by atoms with Gasteiger partial charge in [0.25, 0.3) is 0 Å². The summed E-state index contributed by atoms with van der Waals surface area (Å²) in [6, 6.07) is 8.44. The first-order valence-corrected chi connectivity index (χ1v) is 4.53. The van der Waals surface area contributed by atoms with Crippen molar-refractivity contribution in [2.75, 3.05) is 0 Å². The lowest BCUT2D eigenvalue weighted by Crippen LogP contribution is -1.81. The van der Waals surface area contributed by atoms with Crippen LogP contribution in [0.1, 0.15) is 5.56 Å². The van der Waals surface area contributed by atoms with Gasteiger partial charge in [-0.1, -0.05) is 23.6 Å². The van der Waals surface area contributed by atoms with E-state index >= 15 is 0 Å². The fourth-order valence-electron chi connectivity index (χ4n) is 0.710. The molecule has 0 saturated heterocycles. The number of rotatable bonds is 1. The van der Waals surface area contributed by atoms with Crippen LogP contribution in [0.4, 0.5) is 0 Å². The third kappa shape index (κ3) is 2.72. The maximum Gasteiger partial charge on any atom is 0.0448 e. The molecule has 0 bridgehead atoms. The molecule has 2 heteroatoms. The van der Waals surface area contributed by atoms with Crippen molar-refractivity contribution >= 4 is 34.2 Å². The smallest absolute Gasteiger partial charge is 0.0448 e. The van der Waals surface area contributed by atoms with Crippen LogP contribution in [-0.4, -0.2) is 0 Å². The molecule has 1 rings (SSSR count). The molecule has 1 aromatic carbocycles. The van der Waals surface area contributed by atoms with Crippen molar-refractivity contribution < 1.29 is 0 Å². The Labute approximate surface area is 85.1 Å². The van der Waals surface area contributed by atoms with Crippen LogP contribution in [0.3, 0.4) is 0 Å². The summed E-state index contributed by atoms with van der Waals surface area (Å²) in [6.45, 7) is 0. The maximum atomic E-state index is 5.87. The largest absolute Gasteiger partial charge is 0.0870 e. The summed E-state index contributed by atoms with van der Waals surface area (Å²) >= 11 is 7.88. The average Bonchev–Trinajstić information content (AvgIpc) is 2.03. The second-order valence-electron chi connectivity index (χ2n) is 1.97. The summed E-state index contributed by atoms with van der Waals surface area (Å²) in [5.41, 5.74) is 1.04. The summed E-state index contributed by atoms with van der Waals surface area (Å²) < 4.78 is 2.79. The molecule has 0 aliphatic rings. The maximum absolute atomic E-state index is 5.87. The highest BCUT2D eigenvalue weighted by Crippen LogP contribution is 2.14. The molecular formula is C9H5ClI. The van der Waals surface area contributed by atoms with Gasteiger partial charge in [0.15, 0.2) is 0 Å². The van der Waals surface area contributed by atoms with Crippen LogP contribution < -0.4 is 0 Å². The minimum absolute atomic E-state index is 0.707.